The Balaban J connectivity index is 1.86. The van der Waals surface area contributed by atoms with E-state index in [1.807, 2.05) is 11.4 Å². The number of nitrogens with zero attached hydrogens (tertiary/aromatic N) is 2. The summed E-state index contributed by atoms with van der Waals surface area (Å²) in [5.74, 6) is 0.743. The van der Waals surface area contributed by atoms with Gasteiger partial charge in [-0.1, -0.05) is 13.8 Å². The zero-order valence-corrected chi connectivity index (χ0v) is 13.2. The van der Waals surface area contributed by atoms with Crippen LogP contribution in [0.3, 0.4) is 0 Å². The number of hydrogen-bond donors (Lipinski definition) is 1. The Hall–Kier alpha value is -1.20. The van der Waals surface area contributed by atoms with Crippen LogP contribution >= 0.6 is 11.3 Å². The third kappa shape index (κ3) is 3.90. The van der Waals surface area contributed by atoms with Crippen LogP contribution in [-0.4, -0.2) is 22.1 Å². The highest BCUT2D eigenvalue weighted by Crippen LogP contribution is 2.13. The van der Waals surface area contributed by atoms with Crippen molar-refractivity contribution in [3.63, 3.8) is 0 Å². The summed E-state index contributed by atoms with van der Waals surface area (Å²) < 4.78 is 2.45. The lowest BCUT2D eigenvalue weighted by molar-refractivity contribution is 0.439. The van der Waals surface area contributed by atoms with Gasteiger partial charge >= 0.3 is 0 Å². The lowest BCUT2D eigenvalue weighted by Gasteiger charge is -2.15. The van der Waals surface area contributed by atoms with Gasteiger partial charge in [-0.15, -0.1) is 11.3 Å². The molecule has 0 aliphatic carbocycles. The Kier molecular flexibility index (Phi) is 5.31. The first-order valence-electron chi connectivity index (χ1n) is 7.24. The monoisotopic (exact) mass is 293 g/mol. The van der Waals surface area contributed by atoms with E-state index in [1.165, 1.54) is 24.2 Å². The second-order valence-corrected chi connectivity index (χ2v) is 6.62. The predicted molar refractivity (Wildman–Crippen MR) is 85.4 cm³/mol. The van der Waals surface area contributed by atoms with Crippen molar-refractivity contribution in [3.8, 4) is 0 Å². The van der Waals surface area contributed by atoms with Crippen LogP contribution in [0.25, 0.3) is 10.2 Å². The molecule has 4 nitrogen and oxygen atoms in total. The molecule has 0 bridgehead atoms. The molecule has 110 valence electrons. The number of fused-ring (bicyclic) bond motifs is 1. The van der Waals surface area contributed by atoms with Crippen molar-refractivity contribution in [1.29, 1.82) is 0 Å². The predicted octanol–water partition coefficient (Wildman–Crippen LogP) is 2.87. The molecule has 5 heteroatoms. The Bertz CT molecular complexity index is 602. The molecule has 2 rings (SSSR count). The van der Waals surface area contributed by atoms with Crippen LogP contribution in [0.15, 0.2) is 22.6 Å². The lowest BCUT2D eigenvalue weighted by Crippen LogP contribution is -2.32. The fourth-order valence-electron chi connectivity index (χ4n) is 2.16. The zero-order chi connectivity index (χ0) is 14.5. The average molecular weight is 293 g/mol. The minimum atomic E-state index is 0.0710. The van der Waals surface area contributed by atoms with Crippen LogP contribution in [0.2, 0.25) is 0 Å². The number of nitrogens with one attached hydrogen (secondary N) is 1. The molecular weight excluding hydrogens is 270 g/mol. The Morgan fingerprint density at radius 3 is 2.90 bits per heavy atom. The molecule has 0 saturated carbocycles. The van der Waals surface area contributed by atoms with Crippen LogP contribution in [0, 0.1) is 5.92 Å². The van der Waals surface area contributed by atoms with E-state index < -0.39 is 0 Å². The van der Waals surface area contributed by atoms with Gasteiger partial charge in [-0.05, 0) is 37.1 Å². The van der Waals surface area contributed by atoms with E-state index in [2.05, 4.69) is 31.1 Å². The highest BCUT2D eigenvalue weighted by atomic mass is 32.1. The van der Waals surface area contributed by atoms with Gasteiger partial charge in [0.15, 0.2) is 0 Å². The largest absolute Gasteiger partial charge is 0.312 e. The molecule has 0 aromatic carbocycles. The van der Waals surface area contributed by atoms with Crippen LogP contribution in [0.4, 0.5) is 0 Å². The normalized spacial score (nSPS) is 13.2. The fraction of sp³-hybridized carbons (Fsp3) is 0.600. The number of hydrogen-bond acceptors (Lipinski definition) is 4. The maximum absolute atomic E-state index is 12.2. The Morgan fingerprint density at radius 2 is 2.15 bits per heavy atom. The summed E-state index contributed by atoms with van der Waals surface area (Å²) in [6.45, 7) is 8.16. The molecule has 0 radical (unpaired) electrons. The van der Waals surface area contributed by atoms with Gasteiger partial charge in [0.1, 0.15) is 4.70 Å². The van der Waals surface area contributed by atoms with E-state index in [0.29, 0.717) is 12.6 Å². The highest BCUT2D eigenvalue weighted by molar-refractivity contribution is 7.17. The van der Waals surface area contributed by atoms with Gasteiger partial charge in [-0.2, -0.15) is 0 Å². The minimum absolute atomic E-state index is 0.0710. The molecule has 0 saturated heterocycles. The number of thiophene rings is 1. The molecule has 0 amide bonds. The van der Waals surface area contributed by atoms with Crippen molar-refractivity contribution < 1.29 is 0 Å². The van der Waals surface area contributed by atoms with E-state index in [-0.39, 0.29) is 5.56 Å². The fourth-order valence-corrected chi connectivity index (χ4v) is 2.95. The highest BCUT2D eigenvalue weighted by Gasteiger charge is 2.06. The smallest absolute Gasteiger partial charge is 0.271 e. The summed E-state index contributed by atoms with van der Waals surface area (Å²) in [6.07, 6.45) is 4.06. The van der Waals surface area contributed by atoms with Crippen molar-refractivity contribution in [2.45, 2.75) is 46.2 Å². The van der Waals surface area contributed by atoms with Crippen molar-refractivity contribution in [2.24, 2.45) is 5.92 Å². The Labute approximate surface area is 123 Å². The Morgan fingerprint density at radius 1 is 1.35 bits per heavy atom. The van der Waals surface area contributed by atoms with Crippen LogP contribution in [0.1, 0.15) is 33.6 Å². The summed E-state index contributed by atoms with van der Waals surface area (Å²) in [6, 6.07) is 2.38. The summed E-state index contributed by atoms with van der Waals surface area (Å²) in [4.78, 5) is 16.5. The van der Waals surface area contributed by atoms with Crippen molar-refractivity contribution in [3.05, 3.63) is 28.1 Å². The van der Waals surface area contributed by atoms with Gasteiger partial charge in [-0.25, -0.2) is 4.98 Å². The zero-order valence-electron chi connectivity index (χ0n) is 12.4. The molecule has 1 atom stereocenters. The topological polar surface area (TPSA) is 46.9 Å². The SMILES string of the molecule is CC(C)CCC(C)NCCn1cnc2ccsc2c1=O. The summed E-state index contributed by atoms with van der Waals surface area (Å²) in [5, 5.41) is 5.38. The van der Waals surface area contributed by atoms with Crippen LogP contribution < -0.4 is 10.9 Å². The number of aromatic nitrogens is 2. The molecule has 0 fully saturated rings. The number of rotatable bonds is 7. The van der Waals surface area contributed by atoms with Gasteiger partial charge in [0, 0.05) is 19.1 Å². The molecule has 20 heavy (non-hydrogen) atoms. The lowest BCUT2D eigenvalue weighted by atomic mass is 10.0. The van der Waals surface area contributed by atoms with Gasteiger partial charge in [0.05, 0.1) is 11.8 Å². The molecule has 2 aromatic rings. The first-order chi connectivity index (χ1) is 9.58. The molecule has 2 aromatic heterocycles. The van der Waals surface area contributed by atoms with E-state index in [0.717, 1.165) is 22.7 Å². The first-order valence-corrected chi connectivity index (χ1v) is 8.12. The van der Waals surface area contributed by atoms with Gasteiger partial charge in [0.25, 0.3) is 5.56 Å². The maximum Gasteiger partial charge on any atom is 0.271 e. The van der Waals surface area contributed by atoms with Crippen LogP contribution in [-0.2, 0) is 6.54 Å². The van der Waals surface area contributed by atoms with E-state index in [1.54, 1.807) is 10.9 Å². The summed E-state index contributed by atoms with van der Waals surface area (Å²) in [5.41, 5.74) is 0.871. The summed E-state index contributed by atoms with van der Waals surface area (Å²) >= 11 is 1.46. The van der Waals surface area contributed by atoms with Gasteiger partial charge < -0.3 is 5.32 Å². The minimum Gasteiger partial charge on any atom is -0.312 e. The van der Waals surface area contributed by atoms with Crippen molar-refractivity contribution >= 4 is 21.6 Å². The molecule has 1 unspecified atom stereocenters. The van der Waals surface area contributed by atoms with E-state index in [4.69, 9.17) is 0 Å². The average Bonchev–Trinajstić information content (AvgIpc) is 2.88. The third-order valence-corrected chi connectivity index (χ3v) is 4.35. The summed E-state index contributed by atoms with van der Waals surface area (Å²) in [7, 11) is 0. The van der Waals surface area contributed by atoms with Gasteiger partial charge in [0.2, 0.25) is 0 Å². The molecule has 0 spiro atoms. The first kappa shape index (κ1) is 15.2. The second-order valence-electron chi connectivity index (χ2n) is 5.70. The maximum atomic E-state index is 12.2. The molecule has 0 aliphatic heterocycles. The van der Waals surface area contributed by atoms with E-state index in [9.17, 15) is 4.79 Å². The van der Waals surface area contributed by atoms with E-state index >= 15 is 0 Å². The van der Waals surface area contributed by atoms with Crippen molar-refractivity contribution in [2.75, 3.05) is 6.54 Å². The van der Waals surface area contributed by atoms with Crippen LogP contribution in [0.5, 0.6) is 0 Å². The standard InChI is InChI=1S/C15H23N3OS/c1-11(2)4-5-12(3)16-7-8-18-10-17-13-6-9-20-14(13)15(18)19/h6,9-12,16H,4-5,7-8H2,1-3H3. The molecular formula is C15H23N3OS. The second kappa shape index (κ2) is 6.99. The molecule has 2 heterocycles. The molecule has 0 aliphatic rings. The third-order valence-electron chi connectivity index (χ3n) is 3.46. The molecule has 1 N–H and O–H groups in total. The van der Waals surface area contributed by atoms with Crippen molar-refractivity contribution in [1.82, 2.24) is 14.9 Å². The quantitative estimate of drug-likeness (QED) is 0.854. The van der Waals surface area contributed by atoms with Gasteiger partial charge in [-0.3, -0.25) is 9.36 Å².